The van der Waals surface area contributed by atoms with E-state index in [4.69, 9.17) is 32.7 Å². The number of carbonyl (C=O) groups excluding carboxylic acids is 4. The van der Waals surface area contributed by atoms with Crippen molar-refractivity contribution >= 4 is 37.2 Å². The molecule has 66 heavy (non-hydrogen) atoms. The summed E-state index contributed by atoms with van der Waals surface area (Å²) in [5, 5.41) is 6.99. The maximum atomic E-state index is 13.1. The molecule has 0 atom stereocenters. The van der Waals surface area contributed by atoms with Gasteiger partial charge in [0.1, 0.15) is 35.0 Å². The Labute approximate surface area is 382 Å². The number of rotatable bonds is 19. The van der Waals surface area contributed by atoms with Crippen molar-refractivity contribution in [2.45, 2.75) is 73.9 Å². The molecule has 1 aliphatic rings. The number of carbonyl (C=O) groups is 4. The summed E-state index contributed by atoms with van der Waals surface area (Å²) in [6.45, 7) is 12.8. The Kier molecular flexibility index (Phi) is 19.1. The lowest BCUT2D eigenvalue weighted by atomic mass is 10.2. The number of likely N-dealkylation sites (tertiary alicyclic amines) is 1. The Morgan fingerprint density at radius 3 is 1.68 bits per heavy atom. The van der Waals surface area contributed by atoms with Gasteiger partial charge in [0.25, 0.3) is 11.8 Å². The molecule has 1 aliphatic heterocycles. The first-order valence-electron chi connectivity index (χ1n) is 20.4. The molecule has 2 amide bonds. The topological polar surface area (TPSA) is 244 Å². The second-order valence-corrected chi connectivity index (χ2v) is 16.3. The van der Waals surface area contributed by atoms with E-state index >= 15 is 0 Å². The number of methoxy groups -OCH3 is 2. The zero-order chi connectivity index (χ0) is 47.1. The molecule has 0 aliphatic carbocycles. The van der Waals surface area contributed by atoms with Gasteiger partial charge >= 0.3 is 19.5 Å². The number of nitrogens with one attached hydrogen (secondary N) is 1. The van der Waals surface area contributed by atoms with E-state index in [0.717, 1.165) is 6.42 Å². The predicted molar refractivity (Wildman–Crippen MR) is 240 cm³/mol. The van der Waals surface area contributed by atoms with E-state index in [1.165, 1.54) is 55.8 Å². The lowest BCUT2D eigenvalue weighted by Crippen LogP contribution is -2.42. The summed E-state index contributed by atoms with van der Waals surface area (Å²) < 4.78 is 56.9. The standard InChI is InChI=1S/C26H33N6O7P.C17H18N2O6.CH4/c1-5-36-40(35,37-6-2)17-32-11-8-23(30-32)29-25(33)19-12-20(38-18(3)4)14-21(13-19)39-24-16-27-22(15-28-24)26(34)31-9-7-10-31;1-10(2)24-12-5-11(16(20)22-3)6-13(7-12)25-15-9-18-14(8-19-15)17(21)23-4;/h8,11-16,18H,5-7,9-10,17H2,1-4H3,(H,29,30,33);5-10H,1-4H3;1H4. The summed E-state index contributed by atoms with van der Waals surface area (Å²) in [7, 11) is -0.830. The van der Waals surface area contributed by atoms with Gasteiger partial charge in [-0.2, -0.15) is 5.10 Å². The number of hydrogen-bond donors (Lipinski definition) is 1. The van der Waals surface area contributed by atoms with E-state index in [2.05, 4.69) is 35.1 Å². The van der Waals surface area contributed by atoms with Crippen molar-refractivity contribution < 1.29 is 61.2 Å². The Bertz CT molecular complexity index is 2450. The van der Waals surface area contributed by atoms with Crippen LogP contribution < -0.4 is 24.3 Å². The largest absolute Gasteiger partial charge is 0.491 e. The lowest BCUT2D eigenvalue weighted by molar-refractivity contribution is 0.0587. The van der Waals surface area contributed by atoms with Crippen LogP contribution in [-0.4, -0.2) is 111 Å². The maximum Gasteiger partial charge on any atom is 0.358 e. The first-order chi connectivity index (χ1) is 31.1. The zero-order valence-corrected chi connectivity index (χ0v) is 38.1. The molecule has 22 heteroatoms. The molecule has 1 fully saturated rings. The quantitative estimate of drug-likeness (QED) is 0.0612. The highest BCUT2D eigenvalue weighted by Crippen LogP contribution is 2.49. The van der Waals surface area contributed by atoms with E-state index < -0.39 is 25.4 Å². The van der Waals surface area contributed by atoms with Crippen LogP contribution in [0.25, 0.3) is 0 Å². The molecule has 4 heterocycles. The number of amides is 2. The predicted octanol–water partition coefficient (Wildman–Crippen LogP) is 7.84. The highest BCUT2D eigenvalue weighted by molar-refractivity contribution is 7.52. The highest BCUT2D eigenvalue weighted by atomic mass is 31.2. The van der Waals surface area contributed by atoms with Crippen molar-refractivity contribution in [3.8, 4) is 34.8 Å². The summed E-state index contributed by atoms with van der Waals surface area (Å²) in [6, 6.07) is 11.0. The first-order valence-corrected chi connectivity index (χ1v) is 22.2. The van der Waals surface area contributed by atoms with Crippen molar-refractivity contribution in [3.05, 3.63) is 96.0 Å². The van der Waals surface area contributed by atoms with Gasteiger partial charge in [-0.05, 0) is 72.2 Å². The highest BCUT2D eigenvalue weighted by Gasteiger charge is 2.26. The van der Waals surface area contributed by atoms with Gasteiger partial charge in [-0.3, -0.25) is 18.8 Å². The van der Waals surface area contributed by atoms with Gasteiger partial charge in [-0.15, -0.1) is 0 Å². The molecule has 1 saturated heterocycles. The first kappa shape index (κ1) is 51.7. The fourth-order valence-corrected chi connectivity index (χ4v) is 7.21. The molecule has 21 nitrogen and oxygen atoms in total. The average molecular weight is 935 g/mol. The third-order valence-corrected chi connectivity index (χ3v) is 10.4. The van der Waals surface area contributed by atoms with E-state index in [1.807, 2.05) is 27.7 Å². The third kappa shape index (κ3) is 15.1. The van der Waals surface area contributed by atoms with E-state index in [0.29, 0.717) is 36.1 Å². The number of hydrogen-bond acceptors (Lipinski definition) is 18. The van der Waals surface area contributed by atoms with Crippen LogP contribution in [0.1, 0.15) is 97.1 Å². The van der Waals surface area contributed by atoms with Gasteiger partial charge in [-0.1, -0.05) is 7.43 Å². The molecular weight excluding hydrogens is 880 g/mol. The Balaban J connectivity index is 0.000000316. The van der Waals surface area contributed by atoms with Crippen LogP contribution in [0.2, 0.25) is 0 Å². The summed E-state index contributed by atoms with van der Waals surface area (Å²) in [4.78, 5) is 66.6. The number of aromatic nitrogens is 6. The van der Waals surface area contributed by atoms with Gasteiger partial charge in [-0.25, -0.2) is 29.5 Å². The van der Waals surface area contributed by atoms with E-state index in [-0.39, 0.29) is 85.1 Å². The number of benzene rings is 2. The van der Waals surface area contributed by atoms with Crippen molar-refractivity contribution in [3.63, 3.8) is 0 Å². The van der Waals surface area contributed by atoms with Gasteiger partial charge in [0.2, 0.25) is 11.8 Å². The van der Waals surface area contributed by atoms with Crippen molar-refractivity contribution in [1.29, 1.82) is 0 Å². The third-order valence-electron chi connectivity index (χ3n) is 8.50. The van der Waals surface area contributed by atoms with Crippen LogP contribution in [-0.2, 0) is 29.4 Å². The number of ether oxygens (including phenoxy) is 6. The van der Waals surface area contributed by atoms with Crippen molar-refractivity contribution in [2.24, 2.45) is 0 Å². The monoisotopic (exact) mass is 934 g/mol. The molecule has 354 valence electrons. The fraction of sp³-hybridized carbons (Fsp3) is 0.386. The summed E-state index contributed by atoms with van der Waals surface area (Å²) in [5.41, 5.74) is 0.814. The SMILES string of the molecule is C.CCOP(=O)(Cn1ccc(NC(=O)c2cc(Oc3cnc(C(=O)N4CCC4)cn3)cc(OC(C)C)c2)n1)OCC.COC(=O)c1cc(Oc2cnc(C(=O)OC)cn2)cc(OC(C)C)c1. The lowest BCUT2D eigenvalue weighted by Gasteiger charge is -2.30. The van der Waals surface area contributed by atoms with Crippen LogP contribution in [0.15, 0.2) is 73.4 Å². The molecule has 0 saturated carbocycles. The molecule has 2 aromatic carbocycles. The van der Waals surface area contributed by atoms with E-state index in [9.17, 15) is 23.7 Å². The van der Waals surface area contributed by atoms with Gasteiger partial charge in [0.05, 0.1) is 70.0 Å². The molecule has 0 radical (unpaired) electrons. The van der Waals surface area contributed by atoms with Gasteiger partial charge in [0.15, 0.2) is 11.5 Å². The van der Waals surface area contributed by atoms with Crippen LogP contribution in [0, 0.1) is 0 Å². The fourth-order valence-electron chi connectivity index (χ4n) is 5.67. The smallest absolute Gasteiger partial charge is 0.358 e. The Morgan fingerprint density at radius 2 is 1.21 bits per heavy atom. The Hall–Kier alpha value is -6.96. The molecule has 0 spiro atoms. The average Bonchev–Trinajstić information content (AvgIpc) is 3.68. The van der Waals surface area contributed by atoms with Gasteiger partial charge < -0.3 is 47.7 Å². The van der Waals surface area contributed by atoms with Crippen LogP contribution in [0.3, 0.4) is 0 Å². The minimum Gasteiger partial charge on any atom is -0.491 e. The van der Waals surface area contributed by atoms with Crippen LogP contribution >= 0.6 is 7.60 Å². The minimum atomic E-state index is -3.37. The zero-order valence-electron chi connectivity index (χ0n) is 37.2. The van der Waals surface area contributed by atoms with E-state index in [1.54, 1.807) is 55.3 Å². The second kappa shape index (κ2) is 24.4. The maximum absolute atomic E-state index is 13.1. The molecule has 5 aromatic rings. The summed E-state index contributed by atoms with van der Waals surface area (Å²) >= 11 is 0. The molecule has 0 unspecified atom stereocenters. The Morgan fingerprint density at radius 1 is 0.697 bits per heavy atom. The normalized spacial score (nSPS) is 11.9. The number of nitrogens with zero attached hydrogens (tertiary/aromatic N) is 7. The van der Waals surface area contributed by atoms with Gasteiger partial charge in [0, 0.05) is 43.0 Å². The van der Waals surface area contributed by atoms with Crippen molar-refractivity contribution in [2.75, 3.05) is 45.8 Å². The second-order valence-electron chi connectivity index (χ2n) is 14.3. The molecule has 3 aromatic heterocycles. The summed E-state index contributed by atoms with van der Waals surface area (Å²) in [6.07, 6.45) is 7.46. The summed E-state index contributed by atoms with van der Waals surface area (Å²) in [5.74, 6) is 0.257. The molecule has 0 bridgehead atoms. The van der Waals surface area contributed by atoms with Crippen LogP contribution in [0.4, 0.5) is 5.82 Å². The molecular formula is C44H55N8O13P. The minimum absolute atomic E-state index is 0. The van der Waals surface area contributed by atoms with Crippen molar-refractivity contribution in [1.82, 2.24) is 34.6 Å². The number of anilines is 1. The molecule has 6 rings (SSSR count). The molecule has 1 N–H and O–H groups in total. The number of esters is 2. The van der Waals surface area contributed by atoms with Crippen LogP contribution in [0.5, 0.6) is 34.8 Å².